The van der Waals surface area contributed by atoms with Crippen LogP contribution in [0.5, 0.6) is 0 Å². The Morgan fingerprint density at radius 1 is 1.58 bits per heavy atom. The summed E-state index contributed by atoms with van der Waals surface area (Å²) < 4.78 is 17.5. The molecule has 3 nitrogen and oxygen atoms in total. The third-order valence-electron chi connectivity index (χ3n) is 1.65. The van der Waals surface area contributed by atoms with Gasteiger partial charge in [-0.3, -0.25) is 0 Å². The number of hydrogen-bond acceptors (Lipinski definition) is 3. The molecule has 1 heterocycles. The van der Waals surface area contributed by atoms with Gasteiger partial charge in [0.15, 0.2) is 0 Å². The van der Waals surface area contributed by atoms with Crippen LogP contribution in [0.3, 0.4) is 0 Å². The molecule has 1 fully saturated rings. The van der Waals surface area contributed by atoms with Gasteiger partial charge in [0.25, 0.3) is 0 Å². The van der Waals surface area contributed by atoms with Gasteiger partial charge in [-0.05, 0) is 6.54 Å². The Hall–Kier alpha value is -0.640. The molecule has 1 aliphatic heterocycles. The number of rotatable bonds is 1. The summed E-state index contributed by atoms with van der Waals surface area (Å²) in [7, 11) is 1.20. The highest BCUT2D eigenvalue weighted by atomic mass is 19.1. The summed E-state index contributed by atoms with van der Waals surface area (Å²) in [4.78, 5) is 10.7. The maximum Gasteiger partial charge on any atom is 0.345 e. The summed E-state index contributed by atoms with van der Waals surface area (Å²) in [5, 5.41) is 2.75. The van der Waals surface area contributed by atoms with E-state index in [1.165, 1.54) is 7.11 Å². The maximum absolute atomic E-state index is 13.2. The lowest BCUT2D eigenvalue weighted by molar-refractivity contribution is -0.153. The number of halogens is 1. The van der Waals surface area contributed by atoms with Crippen molar-refractivity contribution >= 4 is 5.97 Å². The summed E-state index contributed by atoms with van der Waals surface area (Å²) in [5.74, 6) is -0.766. The Balaban J connectivity index is 0.000000561. The molecule has 1 atom stereocenters. The second-order valence-corrected chi connectivity index (χ2v) is 2.38. The molecule has 1 N–H and O–H groups in total. The minimum Gasteiger partial charge on any atom is -0.467 e. The largest absolute Gasteiger partial charge is 0.467 e. The lowest BCUT2D eigenvalue weighted by Crippen LogP contribution is -2.36. The monoisotopic (exact) mass is 177 g/mol. The summed E-state index contributed by atoms with van der Waals surface area (Å²) in [6.45, 7) is 4.63. The Morgan fingerprint density at radius 3 is 2.50 bits per heavy atom. The SMILES string of the molecule is CC.COC(=O)C1(F)CCNC1. The molecule has 12 heavy (non-hydrogen) atoms. The van der Waals surface area contributed by atoms with E-state index in [0.717, 1.165) is 0 Å². The fourth-order valence-electron chi connectivity index (χ4n) is 1.02. The van der Waals surface area contributed by atoms with Crippen molar-refractivity contribution < 1.29 is 13.9 Å². The standard InChI is InChI=1S/C6H10FNO2.C2H6/c1-10-5(9)6(7)2-3-8-4-6;1-2/h8H,2-4H2,1H3;1-2H3. The lowest BCUT2D eigenvalue weighted by atomic mass is 10.1. The number of carbonyl (C=O) groups is 1. The van der Waals surface area contributed by atoms with Gasteiger partial charge in [-0.1, -0.05) is 13.8 Å². The molecule has 0 aromatic heterocycles. The average Bonchev–Trinajstić information content (AvgIpc) is 2.55. The zero-order valence-electron chi connectivity index (χ0n) is 7.82. The number of carbonyl (C=O) groups excluding carboxylic acids is 1. The maximum atomic E-state index is 13.2. The third kappa shape index (κ3) is 2.44. The van der Waals surface area contributed by atoms with Gasteiger partial charge in [0.05, 0.1) is 7.11 Å². The van der Waals surface area contributed by atoms with Crippen LogP contribution in [-0.4, -0.2) is 31.8 Å². The summed E-state index contributed by atoms with van der Waals surface area (Å²) >= 11 is 0. The number of nitrogens with one attached hydrogen (secondary N) is 1. The van der Waals surface area contributed by atoms with E-state index in [1.54, 1.807) is 0 Å². The van der Waals surface area contributed by atoms with Crippen LogP contribution in [0.25, 0.3) is 0 Å². The van der Waals surface area contributed by atoms with E-state index in [0.29, 0.717) is 6.54 Å². The number of ether oxygens (including phenoxy) is 1. The average molecular weight is 177 g/mol. The van der Waals surface area contributed by atoms with Crippen LogP contribution in [0.2, 0.25) is 0 Å². The van der Waals surface area contributed by atoms with Crippen molar-refractivity contribution in [3.05, 3.63) is 0 Å². The van der Waals surface area contributed by atoms with E-state index in [9.17, 15) is 9.18 Å². The molecule has 72 valence electrons. The quantitative estimate of drug-likeness (QED) is 0.604. The highest BCUT2D eigenvalue weighted by molar-refractivity contribution is 5.80. The number of hydrogen-bond donors (Lipinski definition) is 1. The van der Waals surface area contributed by atoms with E-state index >= 15 is 0 Å². The van der Waals surface area contributed by atoms with Crippen LogP contribution in [0.4, 0.5) is 4.39 Å². The van der Waals surface area contributed by atoms with Crippen molar-refractivity contribution in [1.29, 1.82) is 0 Å². The van der Waals surface area contributed by atoms with Gasteiger partial charge in [-0.25, -0.2) is 9.18 Å². The first-order valence-electron chi connectivity index (χ1n) is 4.17. The van der Waals surface area contributed by atoms with Crippen LogP contribution in [0.15, 0.2) is 0 Å². The van der Waals surface area contributed by atoms with Crippen LogP contribution in [-0.2, 0) is 9.53 Å². The molecule has 1 rings (SSSR count). The number of esters is 1. The fraction of sp³-hybridized carbons (Fsp3) is 0.875. The van der Waals surface area contributed by atoms with E-state index in [1.807, 2.05) is 13.8 Å². The van der Waals surface area contributed by atoms with Gasteiger partial charge >= 0.3 is 5.97 Å². The van der Waals surface area contributed by atoms with Crippen molar-refractivity contribution in [3.63, 3.8) is 0 Å². The summed E-state index contributed by atoms with van der Waals surface area (Å²) in [5.41, 5.74) is -1.77. The van der Waals surface area contributed by atoms with E-state index in [2.05, 4.69) is 10.1 Å². The second kappa shape index (κ2) is 5.09. The van der Waals surface area contributed by atoms with Gasteiger partial charge in [-0.2, -0.15) is 0 Å². The molecular formula is C8H16FNO2. The molecule has 0 saturated carbocycles. The molecule has 0 spiro atoms. The van der Waals surface area contributed by atoms with E-state index < -0.39 is 11.6 Å². The normalized spacial score (nSPS) is 27.3. The zero-order valence-corrected chi connectivity index (χ0v) is 7.82. The topological polar surface area (TPSA) is 38.3 Å². The molecule has 1 saturated heterocycles. The van der Waals surface area contributed by atoms with Crippen LogP contribution in [0.1, 0.15) is 20.3 Å². The van der Waals surface area contributed by atoms with E-state index in [-0.39, 0.29) is 13.0 Å². The van der Waals surface area contributed by atoms with Gasteiger partial charge < -0.3 is 10.1 Å². The van der Waals surface area contributed by atoms with Crippen molar-refractivity contribution in [2.45, 2.75) is 25.9 Å². The highest BCUT2D eigenvalue weighted by Gasteiger charge is 2.42. The van der Waals surface area contributed by atoms with Crippen LogP contribution < -0.4 is 5.32 Å². The number of alkyl halides is 1. The Labute approximate surface area is 72.3 Å². The fourth-order valence-corrected chi connectivity index (χ4v) is 1.02. The van der Waals surface area contributed by atoms with Gasteiger partial charge in [0, 0.05) is 13.0 Å². The molecule has 0 aromatic carbocycles. The Kier molecular flexibility index (Phi) is 4.81. The molecule has 0 aromatic rings. The minimum absolute atomic E-state index is 0.0830. The zero-order chi connectivity index (χ0) is 9.61. The summed E-state index contributed by atoms with van der Waals surface area (Å²) in [6, 6.07) is 0. The highest BCUT2D eigenvalue weighted by Crippen LogP contribution is 2.20. The lowest BCUT2D eigenvalue weighted by Gasteiger charge is -2.13. The molecule has 0 amide bonds. The first-order valence-corrected chi connectivity index (χ1v) is 4.17. The third-order valence-corrected chi connectivity index (χ3v) is 1.65. The molecule has 4 heteroatoms. The molecule has 0 bridgehead atoms. The van der Waals surface area contributed by atoms with Gasteiger partial charge in [0.2, 0.25) is 5.67 Å². The molecule has 1 unspecified atom stereocenters. The Morgan fingerprint density at radius 2 is 2.17 bits per heavy atom. The smallest absolute Gasteiger partial charge is 0.345 e. The van der Waals surface area contributed by atoms with E-state index in [4.69, 9.17) is 0 Å². The predicted octanol–water partition coefficient (Wildman–Crippen LogP) is 0.887. The van der Waals surface area contributed by atoms with Crippen molar-refractivity contribution in [1.82, 2.24) is 5.32 Å². The molecule has 0 aliphatic carbocycles. The summed E-state index contributed by atoms with van der Waals surface area (Å²) in [6.07, 6.45) is 0.222. The van der Waals surface area contributed by atoms with Crippen molar-refractivity contribution in [3.8, 4) is 0 Å². The van der Waals surface area contributed by atoms with Gasteiger partial charge in [0.1, 0.15) is 0 Å². The first kappa shape index (κ1) is 11.4. The minimum atomic E-state index is -1.77. The second-order valence-electron chi connectivity index (χ2n) is 2.38. The van der Waals surface area contributed by atoms with Crippen molar-refractivity contribution in [2.75, 3.05) is 20.2 Å². The van der Waals surface area contributed by atoms with Gasteiger partial charge in [-0.15, -0.1) is 0 Å². The number of methoxy groups -OCH3 is 1. The first-order chi connectivity index (χ1) is 5.69. The predicted molar refractivity (Wildman–Crippen MR) is 44.7 cm³/mol. The molecule has 1 aliphatic rings. The van der Waals surface area contributed by atoms with Crippen LogP contribution in [0, 0.1) is 0 Å². The molecular weight excluding hydrogens is 161 g/mol. The Bertz CT molecular complexity index is 144. The van der Waals surface area contributed by atoms with Crippen molar-refractivity contribution in [2.24, 2.45) is 0 Å². The molecule has 0 radical (unpaired) electrons. The van der Waals surface area contributed by atoms with Crippen LogP contribution >= 0.6 is 0 Å².